The second kappa shape index (κ2) is 8.76. The Balaban J connectivity index is 1.49. The van der Waals surface area contributed by atoms with Crippen molar-refractivity contribution in [2.75, 3.05) is 16.8 Å². The second-order valence-corrected chi connectivity index (χ2v) is 10.3. The van der Waals surface area contributed by atoms with E-state index in [2.05, 4.69) is 5.32 Å². The standard InChI is InChI=1S/C27H22N2O4S/c30-26(28-22-14-8-12-19-9-4-5-13-21(19)22)18-29-23-15-6-7-16-24(23)34(32,33)25(17-27(29)31)20-10-2-1-3-11-20/h1-16,25H,17-18H2,(H,28,30). The number of hydrogen-bond acceptors (Lipinski definition) is 4. The van der Waals surface area contributed by atoms with Crippen LogP contribution in [0.2, 0.25) is 0 Å². The molecule has 1 N–H and O–H groups in total. The van der Waals surface area contributed by atoms with E-state index in [1.54, 1.807) is 54.6 Å². The molecule has 5 rings (SSSR count). The Bertz CT molecular complexity index is 1490. The van der Waals surface area contributed by atoms with Gasteiger partial charge in [0.1, 0.15) is 6.54 Å². The van der Waals surface area contributed by atoms with Crippen molar-refractivity contribution in [1.82, 2.24) is 0 Å². The zero-order valence-corrected chi connectivity index (χ0v) is 19.0. The van der Waals surface area contributed by atoms with Crippen molar-refractivity contribution >= 4 is 43.8 Å². The number of nitrogens with one attached hydrogen (secondary N) is 1. The number of para-hydroxylation sites is 1. The van der Waals surface area contributed by atoms with Gasteiger partial charge in [-0.3, -0.25) is 9.59 Å². The molecule has 2 amide bonds. The maximum Gasteiger partial charge on any atom is 0.244 e. The van der Waals surface area contributed by atoms with Crippen LogP contribution >= 0.6 is 0 Å². The summed E-state index contributed by atoms with van der Waals surface area (Å²) >= 11 is 0. The number of benzene rings is 4. The van der Waals surface area contributed by atoms with Gasteiger partial charge < -0.3 is 10.2 Å². The van der Waals surface area contributed by atoms with Gasteiger partial charge in [0.2, 0.25) is 11.8 Å². The molecule has 1 aliphatic rings. The molecule has 0 aliphatic carbocycles. The zero-order valence-electron chi connectivity index (χ0n) is 18.2. The van der Waals surface area contributed by atoms with Crippen molar-refractivity contribution in [1.29, 1.82) is 0 Å². The molecule has 0 bridgehead atoms. The fourth-order valence-electron chi connectivity index (χ4n) is 4.39. The van der Waals surface area contributed by atoms with Crippen LogP contribution in [-0.4, -0.2) is 26.8 Å². The van der Waals surface area contributed by atoms with Gasteiger partial charge in [-0.1, -0.05) is 78.9 Å². The van der Waals surface area contributed by atoms with Crippen molar-refractivity contribution in [2.24, 2.45) is 0 Å². The largest absolute Gasteiger partial charge is 0.324 e. The van der Waals surface area contributed by atoms with Crippen LogP contribution in [0.5, 0.6) is 0 Å². The monoisotopic (exact) mass is 470 g/mol. The fraction of sp³-hybridized carbons (Fsp3) is 0.111. The second-order valence-electron chi connectivity index (χ2n) is 8.17. The number of amides is 2. The van der Waals surface area contributed by atoms with Crippen molar-refractivity contribution in [3.63, 3.8) is 0 Å². The SMILES string of the molecule is O=C(CN1C(=O)CC(c2ccccc2)S(=O)(=O)c2ccccc21)Nc1cccc2ccccc12. The minimum Gasteiger partial charge on any atom is -0.324 e. The molecule has 0 radical (unpaired) electrons. The highest BCUT2D eigenvalue weighted by Gasteiger charge is 2.39. The van der Waals surface area contributed by atoms with Crippen LogP contribution < -0.4 is 10.2 Å². The quantitative estimate of drug-likeness (QED) is 0.467. The molecule has 0 fully saturated rings. The van der Waals surface area contributed by atoms with E-state index in [0.29, 0.717) is 11.3 Å². The highest BCUT2D eigenvalue weighted by Crippen LogP contribution is 2.40. The van der Waals surface area contributed by atoms with E-state index in [-0.39, 0.29) is 23.5 Å². The molecule has 0 saturated heterocycles. The molecule has 34 heavy (non-hydrogen) atoms. The number of fused-ring (bicyclic) bond motifs is 2. The highest BCUT2D eigenvalue weighted by atomic mass is 32.2. The molecule has 1 aliphatic heterocycles. The first-order chi connectivity index (χ1) is 16.4. The lowest BCUT2D eigenvalue weighted by Crippen LogP contribution is -2.38. The van der Waals surface area contributed by atoms with Crippen LogP contribution in [0.25, 0.3) is 10.8 Å². The number of hydrogen-bond donors (Lipinski definition) is 1. The summed E-state index contributed by atoms with van der Waals surface area (Å²) in [6.07, 6.45) is -0.247. The van der Waals surface area contributed by atoms with Crippen LogP contribution in [0, 0.1) is 0 Å². The first-order valence-electron chi connectivity index (χ1n) is 10.9. The van der Waals surface area contributed by atoms with E-state index >= 15 is 0 Å². The Morgan fingerprint density at radius 2 is 1.53 bits per heavy atom. The molecular formula is C27H22N2O4S. The molecule has 0 saturated carbocycles. The summed E-state index contributed by atoms with van der Waals surface area (Å²) in [4.78, 5) is 27.7. The Morgan fingerprint density at radius 1 is 0.853 bits per heavy atom. The lowest BCUT2D eigenvalue weighted by molar-refractivity contribution is -0.121. The number of carbonyl (C=O) groups is 2. The molecule has 170 valence electrons. The summed E-state index contributed by atoms with van der Waals surface area (Å²) < 4.78 is 27.1. The molecule has 7 heteroatoms. The molecule has 4 aromatic rings. The Hall–Kier alpha value is -3.97. The molecule has 0 spiro atoms. The normalized spacial score (nSPS) is 17.1. The van der Waals surface area contributed by atoms with Gasteiger partial charge in [0.25, 0.3) is 0 Å². The van der Waals surface area contributed by atoms with Gasteiger partial charge in [-0.15, -0.1) is 0 Å². The van der Waals surface area contributed by atoms with E-state index in [9.17, 15) is 18.0 Å². The summed E-state index contributed by atoms with van der Waals surface area (Å²) in [7, 11) is -3.86. The van der Waals surface area contributed by atoms with Crippen LogP contribution in [-0.2, 0) is 19.4 Å². The predicted octanol–water partition coefficient (Wildman–Crippen LogP) is 4.73. The molecule has 1 heterocycles. The zero-order chi connectivity index (χ0) is 23.7. The summed E-state index contributed by atoms with van der Waals surface area (Å²) in [5.41, 5.74) is 1.40. The number of sulfone groups is 1. The van der Waals surface area contributed by atoms with E-state index in [4.69, 9.17) is 0 Å². The molecule has 1 unspecified atom stereocenters. The first-order valence-corrected chi connectivity index (χ1v) is 12.5. The smallest absolute Gasteiger partial charge is 0.244 e. The number of nitrogens with zero attached hydrogens (tertiary/aromatic N) is 1. The van der Waals surface area contributed by atoms with E-state index in [1.165, 1.54) is 11.0 Å². The van der Waals surface area contributed by atoms with Crippen LogP contribution in [0.3, 0.4) is 0 Å². The summed E-state index contributed by atoms with van der Waals surface area (Å²) in [6, 6.07) is 28.4. The molecule has 4 aromatic carbocycles. The van der Waals surface area contributed by atoms with Gasteiger partial charge >= 0.3 is 0 Å². The lowest BCUT2D eigenvalue weighted by Gasteiger charge is -2.22. The molecular weight excluding hydrogens is 448 g/mol. The number of carbonyl (C=O) groups excluding carboxylic acids is 2. The minimum absolute atomic E-state index is 0.0488. The van der Waals surface area contributed by atoms with Gasteiger partial charge in [0.15, 0.2) is 9.84 Å². The third-order valence-corrected chi connectivity index (χ3v) is 8.18. The van der Waals surface area contributed by atoms with Crippen LogP contribution in [0.4, 0.5) is 11.4 Å². The van der Waals surface area contributed by atoms with Gasteiger partial charge in [0.05, 0.1) is 15.8 Å². The van der Waals surface area contributed by atoms with Gasteiger partial charge in [0, 0.05) is 17.5 Å². The summed E-state index contributed by atoms with van der Waals surface area (Å²) in [5, 5.41) is 3.73. The van der Waals surface area contributed by atoms with E-state index < -0.39 is 26.9 Å². The van der Waals surface area contributed by atoms with Crippen LogP contribution in [0.15, 0.2) is 102 Å². The first kappa shape index (κ1) is 21.9. The average molecular weight is 471 g/mol. The van der Waals surface area contributed by atoms with Crippen molar-refractivity contribution < 1.29 is 18.0 Å². The van der Waals surface area contributed by atoms with Gasteiger partial charge in [-0.2, -0.15) is 0 Å². The van der Waals surface area contributed by atoms with Crippen molar-refractivity contribution in [3.8, 4) is 0 Å². The third kappa shape index (κ3) is 3.95. The van der Waals surface area contributed by atoms with Crippen LogP contribution in [0.1, 0.15) is 17.2 Å². The highest BCUT2D eigenvalue weighted by molar-refractivity contribution is 7.92. The predicted molar refractivity (Wildman–Crippen MR) is 132 cm³/mol. The van der Waals surface area contributed by atoms with Crippen molar-refractivity contribution in [2.45, 2.75) is 16.6 Å². The molecule has 6 nitrogen and oxygen atoms in total. The van der Waals surface area contributed by atoms with Crippen molar-refractivity contribution in [3.05, 3.63) is 103 Å². The summed E-state index contributed by atoms with van der Waals surface area (Å²) in [6.45, 7) is -0.296. The third-order valence-electron chi connectivity index (χ3n) is 6.04. The minimum atomic E-state index is -3.86. The molecule has 1 atom stereocenters. The van der Waals surface area contributed by atoms with E-state index in [1.807, 2.05) is 36.4 Å². The maximum absolute atomic E-state index is 13.6. The Morgan fingerprint density at radius 3 is 2.35 bits per heavy atom. The topological polar surface area (TPSA) is 83.6 Å². The fourth-order valence-corrected chi connectivity index (χ4v) is 6.31. The Kier molecular flexibility index (Phi) is 5.63. The summed E-state index contributed by atoms with van der Waals surface area (Å²) in [5.74, 6) is -0.828. The number of rotatable bonds is 4. The number of anilines is 2. The van der Waals surface area contributed by atoms with E-state index in [0.717, 1.165) is 10.8 Å². The lowest BCUT2D eigenvalue weighted by atomic mass is 10.1. The molecule has 0 aromatic heterocycles. The average Bonchev–Trinajstić information content (AvgIpc) is 2.93. The van der Waals surface area contributed by atoms with Gasteiger partial charge in [-0.05, 0) is 29.1 Å². The van der Waals surface area contributed by atoms with Gasteiger partial charge in [-0.25, -0.2) is 8.42 Å². The Labute approximate surface area is 197 Å². The maximum atomic E-state index is 13.6.